The summed E-state index contributed by atoms with van der Waals surface area (Å²) in [6.45, 7) is 7.88. The van der Waals surface area contributed by atoms with Crippen LogP contribution in [0.4, 0.5) is 4.39 Å². The van der Waals surface area contributed by atoms with Crippen molar-refractivity contribution >= 4 is 29.8 Å². The molecular formula is C29H39FO8. The quantitative estimate of drug-likeness (QED) is 0.228. The molecule has 3 saturated carbocycles. The number of rotatable bonds is 7. The average Bonchev–Trinajstić information content (AvgIpc) is 3.09. The smallest absolute Gasteiger partial charge is 0.306 e. The second kappa shape index (κ2) is 9.65. The molecule has 38 heavy (non-hydrogen) atoms. The first kappa shape index (κ1) is 28.6. The molecule has 9 heteroatoms. The van der Waals surface area contributed by atoms with Crippen molar-refractivity contribution in [2.75, 3.05) is 6.61 Å². The number of Topliss-reactive ketones (excluding diaryl/α,β-unsaturated/α-hetero) is 2. The van der Waals surface area contributed by atoms with E-state index in [-0.39, 0.29) is 44.3 Å². The molecule has 8 nitrogen and oxygen atoms in total. The maximum Gasteiger partial charge on any atom is 0.306 e. The number of carbonyl (C=O) groups is 5. The zero-order chi connectivity index (χ0) is 28.3. The second-order valence-electron chi connectivity index (χ2n) is 12.1. The zero-order valence-electron chi connectivity index (χ0n) is 22.9. The van der Waals surface area contributed by atoms with Gasteiger partial charge in [-0.3, -0.25) is 19.2 Å². The number of alkyl halides is 1. The molecule has 0 aliphatic heterocycles. The standard InChI is InChI=1S/C29H39FO8/c1-6-24(35)37-15-23(34)29(38-25(36)7-2)16(3)10-20-19-9-8-18-11-21(32)17(14-31)12-26(18,4)28(19,30)22(33)13-27(20,29)5/h8,14,16-17,19-20,22,33H,6-7,9-13,15H2,1-5H3/t16-,17?,19-,20-,22-,26-,27-,28-,29?/m0/s1. The van der Waals surface area contributed by atoms with E-state index in [0.717, 1.165) is 0 Å². The first-order valence-corrected chi connectivity index (χ1v) is 13.7. The lowest BCUT2D eigenvalue weighted by atomic mass is 9.43. The van der Waals surface area contributed by atoms with Gasteiger partial charge in [-0.1, -0.05) is 46.3 Å². The fourth-order valence-corrected chi connectivity index (χ4v) is 8.53. The SMILES string of the molecule is CCC(=O)OCC(=O)C1(OC(=O)CC)[C@@H](C)C[C@H]2[C@@H]3CC=C4CC(=O)C(C=O)C[C@]4(C)[C@@]3(F)[C@@H](O)C[C@@]21C. The Morgan fingerprint density at radius 3 is 2.39 bits per heavy atom. The summed E-state index contributed by atoms with van der Waals surface area (Å²) >= 11 is 0. The summed E-state index contributed by atoms with van der Waals surface area (Å²) in [4.78, 5) is 62.6. The Hall–Kier alpha value is -2.42. The Morgan fingerprint density at radius 2 is 1.79 bits per heavy atom. The fourth-order valence-electron chi connectivity index (χ4n) is 8.53. The van der Waals surface area contributed by atoms with Crippen molar-refractivity contribution < 1.29 is 42.9 Å². The van der Waals surface area contributed by atoms with Crippen LogP contribution in [0.5, 0.6) is 0 Å². The van der Waals surface area contributed by atoms with Gasteiger partial charge in [0.25, 0.3) is 0 Å². The molecular weight excluding hydrogens is 495 g/mol. The highest BCUT2D eigenvalue weighted by Gasteiger charge is 2.77. The summed E-state index contributed by atoms with van der Waals surface area (Å²) in [5.74, 6) is -4.63. The van der Waals surface area contributed by atoms with E-state index in [1.807, 2.05) is 6.08 Å². The predicted octanol–water partition coefficient (Wildman–Crippen LogP) is 3.47. The van der Waals surface area contributed by atoms with E-state index in [2.05, 4.69) is 0 Å². The van der Waals surface area contributed by atoms with Crippen LogP contribution < -0.4 is 0 Å². The molecule has 9 atom stereocenters. The first-order chi connectivity index (χ1) is 17.8. The molecule has 3 fully saturated rings. The molecule has 0 aromatic rings. The van der Waals surface area contributed by atoms with E-state index >= 15 is 4.39 Å². The van der Waals surface area contributed by atoms with Crippen LogP contribution in [0.1, 0.15) is 79.6 Å². The Balaban J connectivity index is 1.81. The monoisotopic (exact) mass is 534 g/mol. The number of halogens is 1. The van der Waals surface area contributed by atoms with Gasteiger partial charge in [0.2, 0.25) is 5.78 Å². The lowest BCUT2D eigenvalue weighted by Gasteiger charge is -2.63. The maximum atomic E-state index is 17.6. The van der Waals surface area contributed by atoms with Crippen molar-refractivity contribution in [3.05, 3.63) is 11.6 Å². The third-order valence-electron chi connectivity index (χ3n) is 10.5. The van der Waals surface area contributed by atoms with Gasteiger partial charge in [0.05, 0.1) is 12.0 Å². The Kier molecular flexibility index (Phi) is 7.26. The number of allylic oxidation sites excluding steroid dienone is 2. The van der Waals surface area contributed by atoms with Gasteiger partial charge in [0.1, 0.15) is 17.7 Å². The number of aliphatic hydroxyl groups excluding tert-OH is 1. The minimum atomic E-state index is -2.15. The number of hydrogen-bond acceptors (Lipinski definition) is 8. The summed E-state index contributed by atoms with van der Waals surface area (Å²) in [7, 11) is 0. The molecule has 4 aliphatic rings. The normalized spacial score (nSPS) is 43.7. The van der Waals surface area contributed by atoms with Crippen LogP contribution in [0.2, 0.25) is 0 Å². The molecule has 0 radical (unpaired) electrons. The summed E-state index contributed by atoms with van der Waals surface area (Å²) in [6.07, 6.45) is 1.39. The Bertz CT molecular complexity index is 1080. The van der Waals surface area contributed by atoms with Crippen molar-refractivity contribution in [1.82, 2.24) is 0 Å². The van der Waals surface area contributed by atoms with E-state index in [9.17, 15) is 29.1 Å². The number of ether oxygens (including phenoxy) is 2. The molecule has 0 amide bonds. The van der Waals surface area contributed by atoms with Gasteiger partial charge in [-0.25, -0.2) is 4.39 Å². The van der Waals surface area contributed by atoms with E-state index in [1.165, 1.54) is 0 Å². The third kappa shape index (κ3) is 3.67. The molecule has 1 N–H and O–H groups in total. The van der Waals surface area contributed by atoms with Crippen molar-refractivity contribution in [1.29, 1.82) is 0 Å². The van der Waals surface area contributed by atoms with Crippen LogP contribution >= 0.6 is 0 Å². The number of ketones is 2. The van der Waals surface area contributed by atoms with Gasteiger partial charge < -0.3 is 19.4 Å². The lowest BCUT2D eigenvalue weighted by Crippen LogP contribution is -2.70. The number of esters is 2. The number of hydrogen-bond donors (Lipinski definition) is 1. The molecule has 0 spiro atoms. The van der Waals surface area contributed by atoms with Gasteiger partial charge in [0, 0.05) is 41.9 Å². The summed E-state index contributed by atoms with van der Waals surface area (Å²) in [5, 5.41) is 11.6. The van der Waals surface area contributed by atoms with Crippen LogP contribution in [0.15, 0.2) is 11.6 Å². The van der Waals surface area contributed by atoms with Crippen molar-refractivity contribution in [2.24, 2.45) is 34.5 Å². The molecule has 0 heterocycles. The highest BCUT2D eigenvalue weighted by Crippen LogP contribution is 2.71. The largest absolute Gasteiger partial charge is 0.457 e. The highest BCUT2D eigenvalue weighted by atomic mass is 19.1. The van der Waals surface area contributed by atoms with E-state index in [4.69, 9.17) is 9.47 Å². The van der Waals surface area contributed by atoms with Crippen molar-refractivity contribution in [3.63, 3.8) is 0 Å². The minimum absolute atomic E-state index is 0.0154. The molecule has 0 saturated heterocycles. The molecule has 4 aliphatic carbocycles. The summed E-state index contributed by atoms with van der Waals surface area (Å²) < 4.78 is 28.7. The molecule has 2 unspecified atom stereocenters. The zero-order valence-corrected chi connectivity index (χ0v) is 22.9. The number of aliphatic hydroxyl groups is 1. The number of fused-ring (bicyclic) bond motifs is 5. The highest BCUT2D eigenvalue weighted by molar-refractivity contribution is 5.96. The second-order valence-corrected chi connectivity index (χ2v) is 12.1. The minimum Gasteiger partial charge on any atom is -0.457 e. The molecule has 210 valence electrons. The van der Waals surface area contributed by atoms with Crippen LogP contribution in [-0.2, 0) is 33.4 Å². The van der Waals surface area contributed by atoms with Crippen LogP contribution in [0.25, 0.3) is 0 Å². The molecule has 0 bridgehead atoms. The third-order valence-corrected chi connectivity index (χ3v) is 10.5. The number of aldehydes is 1. The van der Waals surface area contributed by atoms with Gasteiger partial charge in [-0.15, -0.1) is 0 Å². The van der Waals surface area contributed by atoms with Crippen LogP contribution in [-0.4, -0.2) is 58.9 Å². The Morgan fingerprint density at radius 1 is 1.13 bits per heavy atom. The molecule has 0 aromatic carbocycles. The van der Waals surface area contributed by atoms with Crippen molar-refractivity contribution in [2.45, 2.75) is 96.9 Å². The number of carbonyl (C=O) groups excluding carboxylic acids is 5. The van der Waals surface area contributed by atoms with Crippen LogP contribution in [0.3, 0.4) is 0 Å². The average molecular weight is 535 g/mol. The van der Waals surface area contributed by atoms with Crippen molar-refractivity contribution in [3.8, 4) is 0 Å². The van der Waals surface area contributed by atoms with E-state index < -0.39 is 76.2 Å². The van der Waals surface area contributed by atoms with Gasteiger partial charge in [0.15, 0.2) is 12.2 Å². The topological polar surface area (TPSA) is 124 Å². The summed E-state index contributed by atoms with van der Waals surface area (Å²) in [6, 6.07) is 0. The summed E-state index contributed by atoms with van der Waals surface area (Å²) in [5.41, 5.74) is -5.61. The van der Waals surface area contributed by atoms with Crippen LogP contribution in [0, 0.1) is 34.5 Å². The predicted molar refractivity (Wildman–Crippen MR) is 133 cm³/mol. The fraction of sp³-hybridized carbons (Fsp3) is 0.759. The first-order valence-electron chi connectivity index (χ1n) is 13.7. The Labute approximate surface area is 222 Å². The van der Waals surface area contributed by atoms with Gasteiger partial charge in [-0.05, 0) is 31.6 Å². The van der Waals surface area contributed by atoms with Gasteiger partial charge >= 0.3 is 11.9 Å². The van der Waals surface area contributed by atoms with E-state index in [0.29, 0.717) is 18.3 Å². The van der Waals surface area contributed by atoms with Gasteiger partial charge in [-0.2, -0.15) is 0 Å². The molecule has 0 aromatic heterocycles. The maximum absolute atomic E-state index is 17.6. The van der Waals surface area contributed by atoms with E-state index in [1.54, 1.807) is 34.6 Å². The lowest BCUT2D eigenvalue weighted by molar-refractivity contribution is -0.232. The molecule has 4 rings (SSSR count).